The number of aliphatic hydroxyl groups is 1. The van der Waals surface area contributed by atoms with Crippen molar-refractivity contribution in [3.05, 3.63) is 65.2 Å². The Labute approximate surface area is 211 Å². The normalized spacial score (nSPS) is 22.1. The first-order chi connectivity index (χ1) is 17.2. The fourth-order valence-corrected chi connectivity index (χ4v) is 6.82. The van der Waals surface area contributed by atoms with E-state index in [-0.39, 0.29) is 24.6 Å². The van der Waals surface area contributed by atoms with Crippen molar-refractivity contribution >= 4 is 42.1 Å². The molecule has 0 aliphatic carbocycles. The Hall–Kier alpha value is -2.89. The third kappa shape index (κ3) is 6.08. The van der Waals surface area contributed by atoms with Gasteiger partial charge in [0.05, 0.1) is 30.4 Å². The summed E-state index contributed by atoms with van der Waals surface area (Å²) in [6.45, 7) is 1.30. The minimum absolute atomic E-state index is 0.109. The molecule has 0 amide bonds. The Bertz CT molecular complexity index is 1350. The van der Waals surface area contributed by atoms with E-state index in [1.807, 2.05) is 30.3 Å². The van der Waals surface area contributed by atoms with E-state index < -0.39 is 42.2 Å². The summed E-state index contributed by atoms with van der Waals surface area (Å²) in [6, 6.07) is 13.3. The first-order valence-electron chi connectivity index (χ1n) is 11.1. The van der Waals surface area contributed by atoms with Crippen LogP contribution < -0.4 is 21.0 Å². The first-order valence-corrected chi connectivity index (χ1v) is 13.6. The Kier molecular flexibility index (Phi) is 8.01. The van der Waals surface area contributed by atoms with Crippen molar-refractivity contribution in [2.24, 2.45) is 0 Å². The van der Waals surface area contributed by atoms with E-state index in [0.717, 1.165) is 10.8 Å². The van der Waals surface area contributed by atoms with Crippen LogP contribution in [0.5, 0.6) is 5.75 Å². The van der Waals surface area contributed by atoms with Gasteiger partial charge in [0.1, 0.15) is 17.6 Å². The Balaban J connectivity index is 1.51. The number of carbonyl (C=O) groups is 1. The topological polar surface area (TPSA) is 155 Å². The molecular weight excluding hydrogens is 507 g/mol. The summed E-state index contributed by atoms with van der Waals surface area (Å²) in [5, 5.41) is 14.1. The number of thioether (sulfide) groups is 1. The second kappa shape index (κ2) is 11.0. The molecule has 0 spiro atoms. The van der Waals surface area contributed by atoms with Crippen molar-refractivity contribution in [2.75, 3.05) is 19.5 Å². The largest absolute Gasteiger partial charge is 0.468 e. The zero-order chi connectivity index (χ0) is 25.9. The molecule has 1 aromatic heterocycles. The summed E-state index contributed by atoms with van der Waals surface area (Å²) < 4.78 is 31.3. The average molecular weight is 535 g/mol. The molecule has 0 bridgehead atoms. The molecule has 3 aromatic rings. The summed E-state index contributed by atoms with van der Waals surface area (Å²) in [5.41, 5.74) is 5.03. The number of hydrogen-bond acceptors (Lipinski definition) is 10. The molecule has 0 saturated carbocycles. The molecule has 1 aliphatic heterocycles. The van der Waals surface area contributed by atoms with Gasteiger partial charge in [-0.15, -0.1) is 11.8 Å². The maximum absolute atomic E-state index is 13.7. The van der Waals surface area contributed by atoms with Crippen LogP contribution in [0.2, 0.25) is 0 Å². The molecule has 4 rings (SSSR count). The lowest BCUT2D eigenvalue weighted by Gasteiger charge is -2.24. The van der Waals surface area contributed by atoms with Gasteiger partial charge in [-0.25, -0.2) is 9.36 Å². The monoisotopic (exact) mass is 534 g/mol. The molecule has 11 nitrogen and oxygen atoms in total. The van der Waals surface area contributed by atoms with Crippen LogP contribution in [0.4, 0.5) is 5.82 Å². The van der Waals surface area contributed by atoms with Crippen LogP contribution in [0.25, 0.3) is 10.8 Å². The molecule has 4 N–H and O–H groups in total. The van der Waals surface area contributed by atoms with Gasteiger partial charge in [0.25, 0.3) is 0 Å². The summed E-state index contributed by atoms with van der Waals surface area (Å²) in [6.07, 6.45) is 0.925. The van der Waals surface area contributed by atoms with Gasteiger partial charge in [-0.1, -0.05) is 30.3 Å². The highest BCUT2D eigenvalue weighted by atomic mass is 32.2. The van der Waals surface area contributed by atoms with Crippen molar-refractivity contribution < 1.29 is 28.3 Å². The molecule has 1 aliphatic rings. The lowest BCUT2D eigenvalue weighted by Crippen LogP contribution is -2.35. The van der Waals surface area contributed by atoms with E-state index in [4.69, 9.17) is 19.5 Å². The number of nitrogens with zero attached hydrogens (tertiary/aromatic N) is 2. The Morgan fingerprint density at radius 3 is 2.78 bits per heavy atom. The van der Waals surface area contributed by atoms with E-state index in [1.165, 1.54) is 42.6 Å². The minimum atomic E-state index is -4.10. The molecule has 1 saturated heterocycles. The number of ether oxygens (including phenoxy) is 1. The molecule has 2 unspecified atom stereocenters. The number of nitrogen functional groups attached to an aromatic ring is 1. The van der Waals surface area contributed by atoms with Crippen molar-refractivity contribution in [1.82, 2.24) is 14.6 Å². The average Bonchev–Trinajstić information content (AvgIpc) is 3.22. The zero-order valence-corrected chi connectivity index (χ0v) is 21.4. The van der Waals surface area contributed by atoms with E-state index in [2.05, 4.69) is 10.1 Å². The van der Waals surface area contributed by atoms with E-state index in [1.54, 1.807) is 12.1 Å². The van der Waals surface area contributed by atoms with Gasteiger partial charge in [0.15, 0.2) is 0 Å². The van der Waals surface area contributed by atoms with Gasteiger partial charge >= 0.3 is 19.4 Å². The van der Waals surface area contributed by atoms with Gasteiger partial charge in [-0.2, -0.15) is 10.1 Å². The number of esters is 1. The van der Waals surface area contributed by atoms with Crippen molar-refractivity contribution in [2.45, 2.75) is 36.1 Å². The number of nitrogens with one attached hydrogen (secondary N) is 1. The van der Waals surface area contributed by atoms with Gasteiger partial charge < -0.3 is 20.1 Å². The molecule has 13 heteroatoms. The van der Waals surface area contributed by atoms with E-state index in [9.17, 15) is 19.3 Å². The third-order valence-corrected chi connectivity index (χ3v) is 8.80. The van der Waals surface area contributed by atoms with E-state index in [0.29, 0.717) is 0 Å². The van der Waals surface area contributed by atoms with Crippen LogP contribution in [0.1, 0.15) is 18.7 Å². The molecular formula is C23H27N4O7PS. The molecule has 1 fully saturated rings. The van der Waals surface area contributed by atoms with Crippen LogP contribution in [0.3, 0.4) is 0 Å². The Morgan fingerprint density at radius 1 is 1.31 bits per heavy atom. The molecule has 192 valence electrons. The number of benzene rings is 2. The van der Waals surface area contributed by atoms with Crippen molar-refractivity contribution in [3.8, 4) is 5.75 Å². The van der Waals surface area contributed by atoms with Gasteiger partial charge in [0.2, 0.25) is 0 Å². The number of fused-ring (bicyclic) bond motifs is 1. The predicted molar refractivity (Wildman–Crippen MR) is 137 cm³/mol. The number of nitrogens with two attached hydrogens (primary N) is 1. The number of aliphatic hydroxyl groups excluding tert-OH is 1. The van der Waals surface area contributed by atoms with Crippen LogP contribution in [0.15, 0.2) is 59.5 Å². The number of hydrogen-bond donors (Lipinski definition) is 3. The zero-order valence-electron chi connectivity index (χ0n) is 19.6. The van der Waals surface area contributed by atoms with Crippen molar-refractivity contribution in [1.29, 1.82) is 0 Å². The number of anilines is 1. The van der Waals surface area contributed by atoms with Crippen LogP contribution in [0, 0.1) is 0 Å². The lowest BCUT2D eigenvalue weighted by molar-refractivity contribution is -0.142. The van der Waals surface area contributed by atoms with E-state index >= 15 is 0 Å². The summed E-state index contributed by atoms with van der Waals surface area (Å²) >= 11 is 1.28. The second-order valence-electron chi connectivity index (χ2n) is 8.24. The van der Waals surface area contributed by atoms with Crippen LogP contribution >= 0.6 is 19.5 Å². The number of methoxy groups -OCH3 is 1. The lowest BCUT2D eigenvalue weighted by atomic mass is 10.1. The summed E-state index contributed by atoms with van der Waals surface area (Å²) in [7, 11) is -2.88. The Morgan fingerprint density at radius 2 is 2.06 bits per heavy atom. The fraction of sp³-hybridized carbons (Fsp3) is 0.348. The first kappa shape index (κ1) is 26.2. The standard InChI is InChI=1S/C23H27N4O7PS/c1-14(22(29)32-2)26-35(31,34-17-8-7-15-5-3-4-6-16(15)11-17)33-13-19-18(28)12-21(36-19)27-10-9-20(24)25-23(27)30/h3-11,14,18-19,21,28H,12-13H2,1-2H3,(H,26,31)(H2,24,25,30)/t14-,18?,19+,21+,35?/m0/s1. The highest BCUT2D eigenvalue weighted by Gasteiger charge is 2.39. The highest BCUT2D eigenvalue weighted by molar-refractivity contribution is 8.00. The molecule has 0 radical (unpaired) electrons. The molecule has 36 heavy (non-hydrogen) atoms. The number of carbonyl (C=O) groups excluding carboxylic acids is 1. The number of aromatic nitrogens is 2. The SMILES string of the molecule is COC(=O)[C@H](C)NP(=O)(OC[C@H]1S[C@@H](n2ccc(N)nc2=O)CC1O)Oc1ccc2ccccc2c1. The summed E-state index contributed by atoms with van der Waals surface area (Å²) in [4.78, 5) is 27.9. The smallest absolute Gasteiger partial charge is 0.459 e. The minimum Gasteiger partial charge on any atom is -0.468 e. The predicted octanol–water partition coefficient (Wildman–Crippen LogP) is 2.70. The molecule has 2 aromatic carbocycles. The summed E-state index contributed by atoms with van der Waals surface area (Å²) in [5.74, 6) is -0.262. The maximum Gasteiger partial charge on any atom is 0.459 e. The van der Waals surface area contributed by atoms with Crippen LogP contribution in [-0.2, 0) is 18.6 Å². The third-order valence-electron chi connectivity index (χ3n) is 5.63. The highest BCUT2D eigenvalue weighted by Crippen LogP contribution is 2.48. The number of rotatable bonds is 9. The van der Waals surface area contributed by atoms with Crippen molar-refractivity contribution in [3.63, 3.8) is 0 Å². The van der Waals surface area contributed by atoms with Gasteiger partial charge in [-0.3, -0.25) is 13.9 Å². The quantitative estimate of drug-likeness (QED) is 0.274. The second-order valence-corrected chi connectivity index (χ2v) is 11.4. The van der Waals surface area contributed by atoms with Gasteiger partial charge in [-0.05, 0) is 35.9 Å². The maximum atomic E-state index is 13.7. The van der Waals surface area contributed by atoms with Crippen LogP contribution in [-0.4, -0.2) is 51.7 Å². The molecule has 5 atom stereocenters. The van der Waals surface area contributed by atoms with Gasteiger partial charge in [0, 0.05) is 12.6 Å². The molecule has 2 heterocycles. The fourth-order valence-electron chi connectivity index (χ4n) is 3.77.